The number of thiazole rings is 1. The summed E-state index contributed by atoms with van der Waals surface area (Å²) in [5, 5.41) is 0.618. The molecule has 0 fully saturated rings. The molecule has 0 saturated carbocycles. The highest BCUT2D eigenvalue weighted by Crippen LogP contribution is 2.32. The molecule has 0 N–H and O–H groups in total. The predicted molar refractivity (Wildman–Crippen MR) is 148 cm³/mol. The summed E-state index contributed by atoms with van der Waals surface area (Å²) in [6, 6.07) is 16.2. The number of furan rings is 1. The van der Waals surface area contributed by atoms with Crippen LogP contribution in [0.2, 0.25) is 5.02 Å². The third-order valence-corrected chi connectivity index (χ3v) is 7.81. The minimum atomic E-state index is -0.660. The molecule has 3 heterocycles. The average Bonchev–Trinajstić information content (AvgIpc) is 3.45. The van der Waals surface area contributed by atoms with Gasteiger partial charge in [-0.3, -0.25) is 9.36 Å². The zero-order valence-corrected chi connectivity index (χ0v) is 23.4. The number of rotatable bonds is 5. The molecule has 0 saturated heterocycles. The van der Waals surface area contributed by atoms with Crippen molar-refractivity contribution < 1.29 is 13.9 Å². The van der Waals surface area contributed by atoms with Gasteiger partial charge in [0.25, 0.3) is 5.56 Å². The molecule has 0 aliphatic carbocycles. The van der Waals surface area contributed by atoms with Crippen molar-refractivity contribution in [1.82, 2.24) is 4.57 Å². The molecule has 2 aromatic carbocycles. The zero-order valence-electron chi connectivity index (χ0n) is 20.2. The Morgan fingerprint density at radius 2 is 1.95 bits per heavy atom. The fourth-order valence-corrected chi connectivity index (χ4v) is 5.78. The minimum absolute atomic E-state index is 0.222. The second-order valence-electron chi connectivity index (χ2n) is 8.52. The van der Waals surface area contributed by atoms with E-state index in [-0.39, 0.29) is 12.2 Å². The summed E-state index contributed by atoms with van der Waals surface area (Å²) in [6.45, 7) is 5.72. The van der Waals surface area contributed by atoms with E-state index in [1.165, 1.54) is 11.3 Å². The van der Waals surface area contributed by atoms with Gasteiger partial charge in [0.2, 0.25) is 0 Å². The van der Waals surface area contributed by atoms with E-state index < -0.39 is 12.0 Å². The number of allylic oxidation sites excluding steroid dienone is 1. The first-order chi connectivity index (χ1) is 17.8. The van der Waals surface area contributed by atoms with Crippen molar-refractivity contribution >= 4 is 50.9 Å². The number of esters is 1. The number of hydrogen-bond donors (Lipinski definition) is 0. The number of carbonyl (C=O) groups is 1. The van der Waals surface area contributed by atoms with Gasteiger partial charge in [0.1, 0.15) is 11.5 Å². The van der Waals surface area contributed by atoms with Crippen LogP contribution in [0.25, 0.3) is 17.4 Å². The Morgan fingerprint density at radius 3 is 2.68 bits per heavy atom. The number of carbonyl (C=O) groups excluding carboxylic acids is 1. The highest BCUT2D eigenvalue weighted by atomic mass is 79.9. The van der Waals surface area contributed by atoms with Crippen LogP contribution in [-0.2, 0) is 9.53 Å². The molecule has 5 rings (SSSR count). The summed E-state index contributed by atoms with van der Waals surface area (Å²) in [6.07, 6.45) is 1.70. The van der Waals surface area contributed by atoms with Crippen LogP contribution in [0.3, 0.4) is 0 Å². The molecule has 0 unspecified atom stereocenters. The van der Waals surface area contributed by atoms with E-state index in [1.54, 1.807) is 24.5 Å². The summed E-state index contributed by atoms with van der Waals surface area (Å²) in [5.41, 5.74) is 3.31. The second kappa shape index (κ2) is 10.3. The first kappa shape index (κ1) is 25.4. The fraction of sp³-hybridized carbons (Fsp3) is 0.179. The number of nitrogens with zero attached hydrogens (tertiary/aromatic N) is 2. The van der Waals surface area contributed by atoms with Gasteiger partial charge in [-0.15, -0.1) is 0 Å². The summed E-state index contributed by atoms with van der Waals surface area (Å²) >= 11 is 10.9. The molecule has 0 amide bonds. The Balaban J connectivity index is 1.64. The van der Waals surface area contributed by atoms with Crippen molar-refractivity contribution in [3.05, 3.63) is 112 Å². The molecule has 4 aromatic rings. The monoisotopic (exact) mass is 596 g/mol. The van der Waals surface area contributed by atoms with Gasteiger partial charge in [-0.25, -0.2) is 9.79 Å². The van der Waals surface area contributed by atoms with Crippen molar-refractivity contribution in [2.45, 2.75) is 26.8 Å². The topological polar surface area (TPSA) is 73.8 Å². The molecule has 1 aliphatic heterocycles. The van der Waals surface area contributed by atoms with Gasteiger partial charge in [-0.05, 0) is 68.3 Å². The maximum Gasteiger partial charge on any atom is 0.338 e. The maximum atomic E-state index is 13.7. The van der Waals surface area contributed by atoms with E-state index in [9.17, 15) is 9.59 Å². The van der Waals surface area contributed by atoms with Gasteiger partial charge >= 0.3 is 5.97 Å². The van der Waals surface area contributed by atoms with Crippen molar-refractivity contribution in [2.75, 3.05) is 6.61 Å². The Bertz CT molecular complexity index is 1730. The van der Waals surface area contributed by atoms with Crippen LogP contribution in [0.5, 0.6) is 0 Å². The normalized spacial score (nSPS) is 15.5. The molecule has 2 aromatic heterocycles. The summed E-state index contributed by atoms with van der Waals surface area (Å²) < 4.78 is 14.3. The van der Waals surface area contributed by atoms with Crippen LogP contribution in [0.15, 0.2) is 84.5 Å². The van der Waals surface area contributed by atoms with Crippen molar-refractivity contribution in [3.63, 3.8) is 0 Å². The molecular weight excluding hydrogens is 576 g/mol. The Labute approximate surface area is 230 Å². The summed E-state index contributed by atoms with van der Waals surface area (Å²) in [5.74, 6) is 0.701. The molecule has 37 heavy (non-hydrogen) atoms. The van der Waals surface area contributed by atoms with E-state index in [0.717, 1.165) is 21.2 Å². The van der Waals surface area contributed by atoms with Crippen LogP contribution < -0.4 is 14.9 Å². The van der Waals surface area contributed by atoms with Crippen LogP contribution >= 0.6 is 38.9 Å². The van der Waals surface area contributed by atoms with E-state index in [1.807, 2.05) is 61.5 Å². The number of aromatic nitrogens is 1. The second-order valence-corrected chi connectivity index (χ2v) is 10.9. The van der Waals surface area contributed by atoms with Gasteiger partial charge in [0, 0.05) is 21.1 Å². The molecule has 0 radical (unpaired) electrons. The van der Waals surface area contributed by atoms with E-state index in [0.29, 0.717) is 37.1 Å². The lowest BCUT2D eigenvalue weighted by Gasteiger charge is -2.24. The molecule has 6 nitrogen and oxygen atoms in total. The van der Waals surface area contributed by atoms with Gasteiger partial charge in [-0.2, -0.15) is 0 Å². The van der Waals surface area contributed by atoms with Crippen molar-refractivity contribution in [3.8, 4) is 11.3 Å². The van der Waals surface area contributed by atoms with Gasteiger partial charge in [-0.1, -0.05) is 57.1 Å². The lowest BCUT2D eigenvalue weighted by atomic mass is 9.96. The van der Waals surface area contributed by atoms with Crippen molar-refractivity contribution in [2.24, 2.45) is 4.99 Å². The average molecular weight is 598 g/mol. The number of ether oxygens (including phenoxy) is 1. The Hall–Kier alpha value is -3.20. The molecule has 1 atom stereocenters. The highest BCUT2D eigenvalue weighted by Gasteiger charge is 2.33. The smallest absolute Gasteiger partial charge is 0.338 e. The highest BCUT2D eigenvalue weighted by molar-refractivity contribution is 9.10. The summed E-state index contributed by atoms with van der Waals surface area (Å²) in [7, 11) is 0. The van der Waals surface area contributed by atoms with Crippen molar-refractivity contribution in [1.29, 1.82) is 0 Å². The summed E-state index contributed by atoms with van der Waals surface area (Å²) in [4.78, 5) is 31.8. The third-order valence-electron chi connectivity index (χ3n) is 6.07. The minimum Gasteiger partial charge on any atom is -0.463 e. The van der Waals surface area contributed by atoms with E-state index >= 15 is 0 Å². The standard InChI is InChI=1S/C28H22BrClN2O4S/c1-4-35-27(34)24-16(3)31-28-32(25(24)17-6-8-18(29)9-7-17)26(33)23(37-28)14-20-11-12-22(36-20)21-13-19(30)10-5-15(21)2/h5-14,25H,4H2,1-3H3/b23-14-/t25-/m0/s1. The maximum absolute atomic E-state index is 13.7. The first-order valence-electron chi connectivity index (χ1n) is 11.6. The van der Waals surface area contributed by atoms with Gasteiger partial charge < -0.3 is 9.15 Å². The van der Waals surface area contributed by atoms with Gasteiger partial charge in [0.15, 0.2) is 4.80 Å². The predicted octanol–water partition coefficient (Wildman–Crippen LogP) is 5.78. The van der Waals surface area contributed by atoms with Gasteiger partial charge in [0.05, 0.1) is 28.5 Å². The molecule has 0 spiro atoms. The number of hydrogen-bond acceptors (Lipinski definition) is 6. The molecule has 0 bridgehead atoms. The lowest BCUT2D eigenvalue weighted by molar-refractivity contribution is -0.139. The number of aryl methyl sites for hydroxylation is 1. The Morgan fingerprint density at radius 1 is 1.19 bits per heavy atom. The van der Waals surface area contributed by atoms with Crippen LogP contribution in [-0.4, -0.2) is 17.1 Å². The zero-order chi connectivity index (χ0) is 26.3. The number of benzene rings is 2. The van der Waals surface area contributed by atoms with Crippen LogP contribution in [0, 0.1) is 6.92 Å². The van der Waals surface area contributed by atoms with E-state index in [4.69, 9.17) is 20.8 Å². The van der Waals surface area contributed by atoms with E-state index in [2.05, 4.69) is 20.9 Å². The lowest BCUT2D eigenvalue weighted by Crippen LogP contribution is -2.39. The van der Waals surface area contributed by atoms with Crippen LogP contribution in [0.4, 0.5) is 0 Å². The fourth-order valence-electron chi connectivity index (χ4n) is 4.32. The quantitative estimate of drug-likeness (QED) is 0.273. The molecular formula is C28H22BrClN2O4S. The third kappa shape index (κ3) is 4.89. The first-order valence-corrected chi connectivity index (χ1v) is 13.6. The SMILES string of the molecule is CCOC(=O)C1=C(C)N=c2s/c(=C\c3ccc(-c4cc(Cl)ccc4C)o3)c(=O)n2[C@H]1c1ccc(Br)cc1. The van der Waals surface area contributed by atoms with Crippen LogP contribution in [0.1, 0.15) is 36.8 Å². The molecule has 1 aliphatic rings. The number of halogens is 2. The molecule has 9 heteroatoms. The largest absolute Gasteiger partial charge is 0.463 e. The Kier molecular flexibility index (Phi) is 7.07. The molecule has 188 valence electrons. The number of fused-ring (bicyclic) bond motifs is 1.